The Balaban J connectivity index is 0.000000104. The van der Waals surface area contributed by atoms with Crippen LogP contribution < -0.4 is 0 Å². The maximum absolute atomic E-state index is 6.34. The van der Waals surface area contributed by atoms with Gasteiger partial charge in [0.15, 0.2) is 0 Å². The molecule has 0 saturated carbocycles. The van der Waals surface area contributed by atoms with E-state index in [0.717, 1.165) is 99.2 Å². The molecule has 3 nitrogen and oxygen atoms in total. The number of para-hydroxylation sites is 6. The molecule has 0 radical (unpaired) electrons. The van der Waals surface area contributed by atoms with Crippen molar-refractivity contribution >= 4 is 163 Å². The second kappa shape index (κ2) is 29.5. The van der Waals surface area contributed by atoms with Crippen molar-refractivity contribution in [3.8, 4) is 100 Å². The third kappa shape index (κ3) is 12.2. The van der Waals surface area contributed by atoms with Crippen molar-refractivity contribution in [2.45, 2.75) is 33.1 Å². The molecule has 128 heavy (non-hydrogen) atoms. The highest BCUT2D eigenvalue weighted by Gasteiger charge is 2.24. The first-order chi connectivity index (χ1) is 63.0. The Labute approximate surface area is 739 Å². The summed E-state index contributed by atoms with van der Waals surface area (Å²) in [7, 11) is 0. The molecule has 0 bridgehead atoms. The van der Waals surface area contributed by atoms with Gasteiger partial charge in [-0.05, 0) is 217 Å². The van der Waals surface area contributed by atoms with Crippen LogP contribution >= 0.6 is 0 Å². The molecular weight excluding hydrogens is 1550 g/mol. The zero-order chi connectivity index (χ0) is 85.0. The molecule has 27 rings (SSSR count). The molecule has 24 aromatic carbocycles. The van der Waals surface area contributed by atoms with Gasteiger partial charge in [0, 0.05) is 49.0 Å². The van der Waals surface area contributed by atoms with E-state index in [1.165, 1.54) is 175 Å². The van der Waals surface area contributed by atoms with Gasteiger partial charge in [-0.15, -0.1) is 0 Å². The molecule has 0 aliphatic rings. The summed E-state index contributed by atoms with van der Waals surface area (Å²) in [5.74, 6) is 0. The van der Waals surface area contributed by atoms with Crippen molar-refractivity contribution in [3.05, 3.63) is 436 Å². The second-order valence-corrected chi connectivity index (χ2v) is 35.6. The Hall–Kier alpha value is -16.2. The van der Waals surface area contributed by atoms with Crippen LogP contribution in [0.4, 0.5) is 0 Å². The smallest absolute Gasteiger partial charge is 0.143 e. The van der Waals surface area contributed by atoms with E-state index in [-0.39, 0.29) is 5.41 Å². The highest BCUT2D eigenvalue weighted by Crippen LogP contribution is 2.50. The van der Waals surface area contributed by atoms with Crippen LogP contribution in [0.15, 0.2) is 438 Å². The fraction of sp³-hybridized carbons (Fsp3) is 0.0400. The van der Waals surface area contributed by atoms with E-state index < -0.39 is 0 Å². The number of benzene rings is 24. The van der Waals surface area contributed by atoms with Crippen LogP contribution in [-0.4, -0.2) is 0 Å². The normalized spacial score (nSPS) is 12.1. The Kier molecular flexibility index (Phi) is 17.2. The number of hydrogen-bond donors (Lipinski definition) is 0. The third-order valence-corrected chi connectivity index (χ3v) is 27.2. The predicted molar refractivity (Wildman–Crippen MR) is 545 cm³/mol. The molecule has 0 spiro atoms. The first-order valence-corrected chi connectivity index (χ1v) is 44.4. The van der Waals surface area contributed by atoms with Crippen molar-refractivity contribution in [2.24, 2.45) is 0 Å². The lowest BCUT2D eigenvalue weighted by molar-refractivity contribution is 0.590. The minimum Gasteiger partial charge on any atom is -0.455 e. The molecule has 0 aliphatic heterocycles. The van der Waals surface area contributed by atoms with Crippen molar-refractivity contribution in [1.82, 2.24) is 0 Å². The summed E-state index contributed by atoms with van der Waals surface area (Å²) in [4.78, 5) is 0. The van der Waals surface area contributed by atoms with E-state index in [2.05, 4.69) is 416 Å². The summed E-state index contributed by atoms with van der Waals surface area (Å²) in [6, 6.07) is 154. The quantitative estimate of drug-likeness (QED) is 0.135. The topological polar surface area (TPSA) is 39.4 Å². The molecule has 0 N–H and O–H groups in total. The van der Waals surface area contributed by atoms with Crippen LogP contribution in [0.3, 0.4) is 0 Å². The Morgan fingerprint density at radius 1 is 0.156 bits per heavy atom. The lowest BCUT2D eigenvalue weighted by Gasteiger charge is -2.20. The first-order valence-electron chi connectivity index (χ1n) is 44.4. The van der Waals surface area contributed by atoms with E-state index in [4.69, 9.17) is 13.3 Å². The maximum atomic E-state index is 6.34. The minimum absolute atomic E-state index is 0.135. The molecule has 27 aromatic rings. The fourth-order valence-electron chi connectivity index (χ4n) is 20.8. The Morgan fingerprint density at radius 2 is 0.367 bits per heavy atom. The Morgan fingerprint density at radius 3 is 0.633 bits per heavy atom. The van der Waals surface area contributed by atoms with Gasteiger partial charge in [0.05, 0.1) is 0 Å². The van der Waals surface area contributed by atoms with Crippen molar-refractivity contribution in [2.75, 3.05) is 0 Å². The van der Waals surface area contributed by atoms with Gasteiger partial charge in [-0.1, -0.05) is 433 Å². The fourth-order valence-corrected chi connectivity index (χ4v) is 20.8. The molecule has 0 fully saturated rings. The summed E-state index contributed by atoms with van der Waals surface area (Å²) in [5, 5.41) is 30.5. The van der Waals surface area contributed by atoms with Crippen LogP contribution in [0, 0.1) is 6.92 Å². The van der Waals surface area contributed by atoms with E-state index in [9.17, 15) is 0 Å². The molecule has 0 aliphatic carbocycles. The third-order valence-electron chi connectivity index (χ3n) is 27.2. The molecule has 0 saturated heterocycles. The van der Waals surface area contributed by atoms with Gasteiger partial charge in [0.25, 0.3) is 0 Å². The van der Waals surface area contributed by atoms with Gasteiger partial charge in [-0.2, -0.15) is 0 Å². The highest BCUT2D eigenvalue weighted by atomic mass is 16.3. The number of rotatable bonds is 9. The van der Waals surface area contributed by atoms with Gasteiger partial charge >= 0.3 is 0 Å². The Bertz CT molecular complexity index is 9050. The minimum atomic E-state index is 0.135. The van der Waals surface area contributed by atoms with Crippen LogP contribution in [-0.2, 0) is 5.41 Å². The molecule has 0 atom stereocenters. The molecule has 0 amide bonds. The number of furan rings is 3. The summed E-state index contributed by atoms with van der Waals surface area (Å²) < 4.78 is 19.0. The monoisotopic (exact) mass is 1630 g/mol. The lowest BCUT2D eigenvalue weighted by Crippen LogP contribution is -2.10. The number of aryl methyl sites for hydroxylation is 1. The standard InChI is InChI=1S/C44H32O.C41H26O.C40H24O/c1-44(2,3)32-21-17-28(18-22-32)34-24-20-31-16-15-30-19-23-33(37-25-26-38(34)42(31)41(30)37)27-11-13-29(14-12-27)35-8-6-9-39-36-7-4-5-10-40(36)45-43(35)39;1-25-9-11-26(12-10-25)31-21-19-29-17-18-30-20-22-32(36-24-23-35(31)39(29)40(30)36)27-13-15-28(16-14-27)33-6-4-7-37-34-5-2-3-8-38(34)42-41(33)37;1-2-7-25(8-3-1)30-21-19-28-17-18-29-20-22-31(35-24-23-34(30)38(28)39(29)35)26-13-15-27(16-14-26)32-10-6-11-36-33-9-4-5-12-37(33)41-40(32)36/h4-26H,1-3H3;2-24H,1H3;1-24H. The van der Waals surface area contributed by atoms with Crippen LogP contribution in [0.25, 0.3) is 263 Å². The molecular formula is C125H82O3. The van der Waals surface area contributed by atoms with Crippen LogP contribution in [0.2, 0.25) is 0 Å². The summed E-state index contributed by atoms with van der Waals surface area (Å²) >= 11 is 0. The lowest BCUT2D eigenvalue weighted by atomic mass is 9.84. The zero-order valence-corrected chi connectivity index (χ0v) is 71.1. The van der Waals surface area contributed by atoms with E-state index in [1.54, 1.807) is 0 Å². The molecule has 3 heterocycles. The van der Waals surface area contributed by atoms with E-state index in [0.29, 0.717) is 0 Å². The summed E-state index contributed by atoms with van der Waals surface area (Å²) in [6.45, 7) is 8.95. The van der Waals surface area contributed by atoms with Gasteiger partial charge in [0.1, 0.15) is 33.5 Å². The van der Waals surface area contributed by atoms with E-state index in [1.807, 2.05) is 36.4 Å². The maximum Gasteiger partial charge on any atom is 0.143 e. The van der Waals surface area contributed by atoms with E-state index >= 15 is 0 Å². The molecule has 3 heteroatoms. The number of fused-ring (bicyclic) bond motifs is 9. The molecule has 600 valence electrons. The van der Waals surface area contributed by atoms with Crippen molar-refractivity contribution < 1.29 is 13.3 Å². The van der Waals surface area contributed by atoms with Crippen molar-refractivity contribution in [3.63, 3.8) is 0 Å². The van der Waals surface area contributed by atoms with Crippen molar-refractivity contribution in [1.29, 1.82) is 0 Å². The van der Waals surface area contributed by atoms with Gasteiger partial charge in [-0.3, -0.25) is 0 Å². The highest BCUT2D eigenvalue weighted by molar-refractivity contribution is 6.31. The van der Waals surface area contributed by atoms with Gasteiger partial charge in [-0.25, -0.2) is 0 Å². The predicted octanol–water partition coefficient (Wildman–Crippen LogP) is 36.1. The second-order valence-electron chi connectivity index (χ2n) is 35.6. The average Bonchev–Trinajstić information content (AvgIpc) is 1.04. The first kappa shape index (κ1) is 74.4. The largest absolute Gasteiger partial charge is 0.455 e. The zero-order valence-electron chi connectivity index (χ0n) is 71.1. The summed E-state index contributed by atoms with van der Waals surface area (Å²) in [5.41, 5.74) is 30.2. The molecule has 0 unspecified atom stereocenters. The van der Waals surface area contributed by atoms with Gasteiger partial charge < -0.3 is 13.3 Å². The number of hydrogen-bond acceptors (Lipinski definition) is 3. The van der Waals surface area contributed by atoms with Crippen LogP contribution in [0.1, 0.15) is 31.9 Å². The van der Waals surface area contributed by atoms with Gasteiger partial charge in [0.2, 0.25) is 0 Å². The molecule has 3 aromatic heterocycles. The average molecular weight is 1630 g/mol. The SMILES string of the molecule is CC(C)(C)c1ccc(-c2ccc3ccc4ccc(-c5ccc(-c6cccc7c6oc6ccccc67)cc5)c5ccc2c3c45)cc1.Cc1ccc(-c2ccc3ccc4ccc(-c5ccc(-c6cccc7c6oc6ccccc67)cc5)c5ccc2c3c45)cc1.c1ccc(-c2ccc3ccc4ccc(-c5ccc(-c6cccc7c6oc6ccccc67)cc5)c5ccc2c3c45)cc1. The summed E-state index contributed by atoms with van der Waals surface area (Å²) in [6.07, 6.45) is 0. The van der Waals surface area contributed by atoms with Crippen LogP contribution in [0.5, 0.6) is 0 Å².